The maximum atomic E-state index is 5.56. The highest BCUT2D eigenvalue weighted by atomic mass is 16.5. The summed E-state index contributed by atoms with van der Waals surface area (Å²) in [6.07, 6.45) is 6.05. The Kier molecular flexibility index (Phi) is 1.88. The van der Waals surface area contributed by atoms with E-state index in [1.54, 1.807) is 0 Å². The van der Waals surface area contributed by atoms with Gasteiger partial charge in [0.05, 0.1) is 6.10 Å². The zero-order valence-corrected chi connectivity index (χ0v) is 8.33. The Morgan fingerprint density at radius 2 is 2.08 bits per heavy atom. The van der Waals surface area contributed by atoms with Gasteiger partial charge in [0, 0.05) is 18.7 Å². The maximum Gasteiger partial charge on any atom is 0.0700 e. The summed E-state index contributed by atoms with van der Waals surface area (Å²) >= 11 is 0. The molecule has 1 heterocycles. The molecule has 3 rings (SSSR count). The van der Waals surface area contributed by atoms with Crippen LogP contribution in [0, 0.1) is 11.8 Å². The third kappa shape index (κ3) is 1.40. The molecule has 3 unspecified atom stereocenters. The lowest BCUT2D eigenvalue weighted by molar-refractivity contribution is 0.110. The van der Waals surface area contributed by atoms with E-state index in [1.165, 1.54) is 25.7 Å². The van der Waals surface area contributed by atoms with Crippen LogP contribution in [0.15, 0.2) is 0 Å². The van der Waals surface area contributed by atoms with Gasteiger partial charge in [-0.2, -0.15) is 0 Å². The minimum absolute atomic E-state index is 0.442. The van der Waals surface area contributed by atoms with Crippen molar-refractivity contribution < 1.29 is 4.74 Å². The second kappa shape index (κ2) is 2.96. The zero-order chi connectivity index (χ0) is 8.84. The number of ether oxygens (including phenoxy) is 1. The van der Waals surface area contributed by atoms with Crippen molar-refractivity contribution in [2.45, 2.75) is 50.8 Å². The highest BCUT2D eigenvalue weighted by Gasteiger charge is 2.48. The lowest BCUT2D eigenvalue weighted by Crippen LogP contribution is -2.42. The van der Waals surface area contributed by atoms with E-state index in [-0.39, 0.29) is 0 Å². The van der Waals surface area contributed by atoms with Gasteiger partial charge in [0.2, 0.25) is 0 Å². The molecule has 3 fully saturated rings. The summed E-state index contributed by atoms with van der Waals surface area (Å²) in [5.74, 6) is 2.13. The number of nitrogens with one attached hydrogen (secondary N) is 1. The van der Waals surface area contributed by atoms with Gasteiger partial charge >= 0.3 is 0 Å². The fourth-order valence-electron chi connectivity index (χ4n) is 3.14. The smallest absolute Gasteiger partial charge is 0.0700 e. The second-order valence-electron chi connectivity index (χ2n) is 4.98. The molecule has 1 aliphatic heterocycles. The molecule has 0 aromatic heterocycles. The first-order valence-corrected chi connectivity index (χ1v) is 5.72. The Morgan fingerprint density at radius 1 is 1.15 bits per heavy atom. The molecule has 5 atom stereocenters. The molecule has 0 spiro atoms. The summed E-state index contributed by atoms with van der Waals surface area (Å²) in [4.78, 5) is 0. The summed E-state index contributed by atoms with van der Waals surface area (Å²) in [5, 5.41) is 3.79. The Labute approximate surface area is 80.0 Å². The van der Waals surface area contributed by atoms with Crippen molar-refractivity contribution >= 4 is 0 Å². The standard InChI is InChI=1S/C11H19NO/c1-7-10(4-5-13-7)12-11-3-2-8-6-9(8)11/h7-12H,2-6H2,1H3/t7?,8-,9+,10?,11?/m1/s1. The molecular formula is C11H19NO. The van der Waals surface area contributed by atoms with Crippen molar-refractivity contribution in [2.75, 3.05) is 6.61 Å². The van der Waals surface area contributed by atoms with Crippen LogP contribution in [0.5, 0.6) is 0 Å². The van der Waals surface area contributed by atoms with Gasteiger partial charge in [-0.3, -0.25) is 0 Å². The minimum Gasteiger partial charge on any atom is -0.377 e. The van der Waals surface area contributed by atoms with Crippen LogP contribution in [0.2, 0.25) is 0 Å². The molecule has 2 aliphatic carbocycles. The largest absolute Gasteiger partial charge is 0.377 e. The number of rotatable bonds is 2. The second-order valence-corrected chi connectivity index (χ2v) is 4.98. The SMILES string of the molecule is CC1OCCC1NC1CC[C@@H]2C[C@H]12. The van der Waals surface area contributed by atoms with E-state index in [0.29, 0.717) is 12.1 Å². The highest BCUT2D eigenvalue weighted by molar-refractivity contribution is 5.02. The van der Waals surface area contributed by atoms with Crippen molar-refractivity contribution in [3.8, 4) is 0 Å². The average Bonchev–Trinajstić information content (AvgIpc) is 2.65. The van der Waals surface area contributed by atoms with Crippen LogP contribution < -0.4 is 5.32 Å². The van der Waals surface area contributed by atoms with Gasteiger partial charge < -0.3 is 10.1 Å². The molecule has 0 aromatic carbocycles. The summed E-state index contributed by atoms with van der Waals surface area (Å²) in [7, 11) is 0. The number of hydrogen-bond donors (Lipinski definition) is 1. The molecule has 1 N–H and O–H groups in total. The van der Waals surface area contributed by atoms with Crippen molar-refractivity contribution in [3.05, 3.63) is 0 Å². The summed E-state index contributed by atoms with van der Waals surface area (Å²) < 4.78 is 5.56. The van der Waals surface area contributed by atoms with Crippen molar-refractivity contribution in [3.63, 3.8) is 0 Å². The van der Waals surface area contributed by atoms with Gasteiger partial charge in [-0.1, -0.05) is 0 Å². The number of hydrogen-bond acceptors (Lipinski definition) is 2. The van der Waals surface area contributed by atoms with E-state index in [2.05, 4.69) is 12.2 Å². The summed E-state index contributed by atoms with van der Waals surface area (Å²) in [6.45, 7) is 3.16. The fraction of sp³-hybridized carbons (Fsp3) is 1.00. The molecule has 0 radical (unpaired) electrons. The monoisotopic (exact) mass is 181 g/mol. The molecular weight excluding hydrogens is 162 g/mol. The van der Waals surface area contributed by atoms with Crippen LogP contribution in [-0.2, 0) is 4.74 Å². The third-order valence-electron chi connectivity index (χ3n) is 4.15. The molecule has 0 bridgehead atoms. The molecule has 0 amide bonds. The van der Waals surface area contributed by atoms with E-state index in [9.17, 15) is 0 Å². The quantitative estimate of drug-likeness (QED) is 0.698. The van der Waals surface area contributed by atoms with Crippen LogP contribution in [0.25, 0.3) is 0 Å². The van der Waals surface area contributed by atoms with E-state index in [4.69, 9.17) is 4.74 Å². The highest BCUT2D eigenvalue weighted by Crippen LogP contribution is 2.51. The predicted octanol–water partition coefficient (Wildman–Crippen LogP) is 1.55. The van der Waals surface area contributed by atoms with Crippen LogP contribution >= 0.6 is 0 Å². The zero-order valence-electron chi connectivity index (χ0n) is 8.33. The predicted molar refractivity (Wildman–Crippen MR) is 51.6 cm³/mol. The van der Waals surface area contributed by atoms with Gasteiger partial charge in [0.15, 0.2) is 0 Å². The van der Waals surface area contributed by atoms with Crippen molar-refractivity contribution in [1.29, 1.82) is 0 Å². The Balaban J connectivity index is 1.56. The van der Waals surface area contributed by atoms with Crippen LogP contribution in [0.3, 0.4) is 0 Å². The van der Waals surface area contributed by atoms with Gasteiger partial charge in [-0.25, -0.2) is 0 Å². The summed E-state index contributed by atoms with van der Waals surface area (Å²) in [6, 6.07) is 1.48. The van der Waals surface area contributed by atoms with Gasteiger partial charge in [-0.05, 0) is 44.4 Å². The van der Waals surface area contributed by atoms with Crippen molar-refractivity contribution in [1.82, 2.24) is 5.32 Å². The molecule has 1 saturated heterocycles. The van der Waals surface area contributed by atoms with E-state index < -0.39 is 0 Å². The Morgan fingerprint density at radius 3 is 2.62 bits per heavy atom. The molecule has 2 heteroatoms. The number of fused-ring (bicyclic) bond motifs is 1. The molecule has 3 aliphatic rings. The first-order valence-electron chi connectivity index (χ1n) is 5.72. The Hall–Kier alpha value is -0.0800. The average molecular weight is 181 g/mol. The van der Waals surface area contributed by atoms with E-state index in [1.807, 2.05) is 0 Å². The summed E-state index contributed by atoms with van der Waals surface area (Å²) in [5.41, 5.74) is 0. The Bertz CT molecular complexity index is 200. The third-order valence-corrected chi connectivity index (χ3v) is 4.15. The first-order chi connectivity index (χ1) is 6.34. The molecule has 2 nitrogen and oxygen atoms in total. The fourth-order valence-corrected chi connectivity index (χ4v) is 3.14. The molecule has 2 saturated carbocycles. The van der Waals surface area contributed by atoms with E-state index >= 15 is 0 Å². The van der Waals surface area contributed by atoms with Crippen LogP contribution in [0.4, 0.5) is 0 Å². The van der Waals surface area contributed by atoms with Gasteiger partial charge in [-0.15, -0.1) is 0 Å². The normalized spacial score (nSPS) is 53.8. The van der Waals surface area contributed by atoms with Crippen molar-refractivity contribution in [2.24, 2.45) is 11.8 Å². The van der Waals surface area contributed by atoms with Crippen LogP contribution in [-0.4, -0.2) is 24.8 Å². The van der Waals surface area contributed by atoms with Gasteiger partial charge in [0.25, 0.3) is 0 Å². The van der Waals surface area contributed by atoms with Gasteiger partial charge in [0.1, 0.15) is 0 Å². The minimum atomic E-state index is 0.442. The van der Waals surface area contributed by atoms with E-state index in [0.717, 1.165) is 24.5 Å². The lowest BCUT2D eigenvalue weighted by atomic mass is 10.1. The first kappa shape index (κ1) is 8.25. The maximum absolute atomic E-state index is 5.56. The molecule has 13 heavy (non-hydrogen) atoms. The topological polar surface area (TPSA) is 21.3 Å². The van der Waals surface area contributed by atoms with Crippen LogP contribution in [0.1, 0.15) is 32.6 Å². The molecule has 74 valence electrons. The lowest BCUT2D eigenvalue weighted by Gasteiger charge is -2.22. The molecule has 0 aromatic rings.